The molecule has 0 atom stereocenters. The lowest BCUT2D eigenvalue weighted by Gasteiger charge is -2.08. The minimum atomic E-state index is 0.580. The molecule has 2 aromatic heterocycles. The van der Waals surface area contributed by atoms with Crippen LogP contribution in [-0.2, 0) is 13.6 Å². The highest BCUT2D eigenvalue weighted by molar-refractivity contribution is 5.84. The predicted molar refractivity (Wildman–Crippen MR) is 79.6 cm³/mol. The number of hydrogen-bond acceptors (Lipinski definition) is 5. The van der Waals surface area contributed by atoms with Crippen molar-refractivity contribution in [3.05, 3.63) is 42.2 Å². The van der Waals surface area contributed by atoms with Crippen molar-refractivity contribution in [3.8, 4) is 0 Å². The van der Waals surface area contributed by atoms with Crippen LogP contribution in [0.2, 0.25) is 0 Å². The van der Waals surface area contributed by atoms with Gasteiger partial charge in [0.15, 0.2) is 17.0 Å². The van der Waals surface area contributed by atoms with Gasteiger partial charge < -0.3 is 15.2 Å². The first-order valence-corrected chi connectivity index (χ1v) is 6.42. The number of hydrogen-bond donors (Lipinski definition) is 2. The molecule has 2 heterocycles. The molecule has 6 heteroatoms. The minimum Gasteiger partial charge on any atom is -0.364 e. The maximum Gasteiger partial charge on any atom is 0.226 e. The summed E-state index contributed by atoms with van der Waals surface area (Å²) in [5, 5.41) is 6.30. The number of rotatable bonds is 4. The summed E-state index contributed by atoms with van der Waals surface area (Å²) in [6, 6.07) is 10.2. The monoisotopic (exact) mass is 268 g/mol. The smallest absolute Gasteiger partial charge is 0.226 e. The Hall–Kier alpha value is -2.63. The topological polar surface area (TPSA) is 67.7 Å². The lowest BCUT2D eigenvalue weighted by molar-refractivity contribution is 0.928. The highest BCUT2D eigenvalue weighted by Gasteiger charge is 2.11. The molecule has 3 aromatic rings. The van der Waals surface area contributed by atoms with Gasteiger partial charge in [0.1, 0.15) is 0 Å². The van der Waals surface area contributed by atoms with E-state index in [0.29, 0.717) is 12.5 Å². The fourth-order valence-electron chi connectivity index (χ4n) is 2.02. The zero-order chi connectivity index (χ0) is 13.9. The van der Waals surface area contributed by atoms with Gasteiger partial charge in [-0.1, -0.05) is 30.3 Å². The van der Waals surface area contributed by atoms with Crippen molar-refractivity contribution in [2.24, 2.45) is 7.05 Å². The fourth-order valence-corrected chi connectivity index (χ4v) is 2.02. The second-order valence-electron chi connectivity index (χ2n) is 4.51. The number of imidazole rings is 1. The second-order valence-corrected chi connectivity index (χ2v) is 4.51. The van der Waals surface area contributed by atoms with E-state index in [1.54, 1.807) is 13.4 Å². The van der Waals surface area contributed by atoms with E-state index < -0.39 is 0 Å². The summed E-state index contributed by atoms with van der Waals surface area (Å²) in [5.41, 5.74) is 2.78. The molecule has 20 heavy (non-hydrogen) atoms. The molecule has 0 bridgehead atoms. The lowest BCUT2D eigenvalue weighted by atomic mass is 10.2. The summed E-state index contributed by atoms with van der Waals surface area (Å²) in [7, 11) is 3.72. The molecule has 1 aromatic carbocycles. The molecule has 0 aliphatic rings. The van der Waals surface area contributed by atoms with Gasteiger partial charge in [-0.15, -0.1) is 0 Å². The Bertz CT molecular complexity index is 719. The van der Waals surface area contributed by atoms with E-state index in [-0.39, 0.29) is 0 Å². The van der Waals surface area contributed by atoms with E-state index in [1.165, 1.54) is 5.56 Å². The third-order valence-electron chi connectivity index (χ3n) is 3.09. The van der Waals surface area contributed by atoms with Crippen molar-refractivity contribution >= 4 is 22.9 Å². The summed E-state index contributed by atoms with van der Waals surface area (Å²) < 4.78 is 1.88. The Morgan fingerprint density at radius 1 is 1.15 bits per heavy atom. The molecule has 0 unspecified atom stereocenters. The first-order valence-electron chi connectivity index (χ1n) is 6.42. The molecular weight excluding hydrogens is 252 g/mol. The van der Waals surface area contributed by atoms with E-state index >= 15 is 0 Å². The Morgan fingerprint density at radius 2 is 1.95 bits per heavy atom. The summed E-state index contributed by atoms with van der Waals surface area (Å²) >= 11 is 0. The van der Waals surface area contributed by atoms with Crippen LogP contribution in [0.25, 0.3) is 11.2 Å². The van der Waals surface area contributed by atoms with Crippen LogP contribution in [0.5, 0.6) is 0 Å². The van der Waals surface area contributed by atoms with Gasteiger partial charge in [-0.2, -0.15) is 9.97 Å². The maximum absolute atomic E-state index is 4.44. The summed E-state index contributed by atoms with van der Waals surface area (Å²) in [6.45, 7) is 0.701. The van der Waals surface area contributed by atoms with Crippen molar-refractivity contribution in [2.45, 2.75) is 6.54 Å². The number of aryl methyl sites for hydroxylation is 1. The van der Waals surface area contributed by atoms with Gasteiger partial charge in [-0.05, 0) is 5.56 Å². The molecule has 3 rings (SSSR count). The van der Waals surface area contributed by atoms with Crippen LogP contribution < -0.4 is 10.6 Å². The molecule has 2 N–H and O–H groups in total. The molecule has 0 fully saturated rings. The van der Waals surface area contributed by atoms with E-state index in [0.717, 1.165) is 17.0 Å². The van der Waals surface area contributed by atoms with Gasteiger partial charge in [-0.25, -0.2) is 4.98 Å². The highest BCUT2D eigenvalue weighted by Crippen LogP contribution is 2.20. The average molecular weight is 268 g/mol. The van der Waals surface area contributed by atoms with Crippen molar-refractivity contribution in [3.63, 3.8) is 0 Å². The van der Waals surface area contributed by atoms with Crippen molar-refractivity contribution in [1.29, 1.82) is 0 Å². The van der Waals surface area contributed by atoms with Crippen molar-refractivity contribution in [2.75, 3.05) is 17.7 Å². The van der Waals surface area contributed by atoms with Gasteiger partial charge in [0.2, 0.25) is 5.95 Å². The molecular formula is C14H16N6. The molecule has 0 aliphatic carbocycles. The van der Waals surface area contributed by atoms with Crippen LogP contribution in [0.1, 0.15) is 5.56 Å². The van der Waals surface area contributed by atoms with Gasteiger partial charge in [0, 0.05) is 20.6 Å². The molecule has 0 spiro atoms. The summed E-state index contributed by atoms with van der Waals surface area (Å²) in [5.74, 6) is 1.32. The number of aromatic nitrogens is 4. The largest absolute Gasteiger partial charge is 0.364 e. The predicted octanol–water partition coefficient (Wildman–Crippen LogP) is 2.02. The van der Waals surface area contributed by atoms with Gasteiger partial charge >= 0.3 is 0 Å². The molecule has 0 amide bonds. The van der Waals surface area contributed by atoms with Crippen LogP contribution >= 0.6 is 0 Å². The van der Waals surface area contributed by atoms with Gasteiger partial charge in [0.05, 0.1) is 6.33 Å². The first-order chi connectivity index (χ1) is 9.78. The van der Waals surface area contributed by atoms with Crippen molar-refractivity contribution in [1.82, 2.24) is 19.5 Å². The molecule has 102 valence electrons. The minimum absolute atomic E-state index is 0.580. The van der Waals surface area contributed by atoms with Gasteiger partial charge in [0.25, 0.3) is 0 Å². The van der Waals surface area contributed by atoms with Crippen LogP contribution in [-0.4, -0.2) is 26.6 Å². The SMILES string of the molecule is CNc1nc(NCc2ccccc2)c2ncn(C)c2n1. The number of benzene rings is 1. The number of nitrogens with one attached hydrogen (secondary N) is 2. The van der Waals surface area contributed by atoms with E-state index in [4.69, 9.17) is 0 Å². The standard InChI is InChI=1S/C14H16N6/c1-15-14-18-12(11-13(19-14)20(2)9-17-11)16-8-10-6-4-3-5-7-10/h3-7,9H,8H2,1-2H3,(H2,15,16,18,19). The second kappa shape index (κ2) is 5.16. The van der Waals surface area contributed by atoms with Crippen LogP contribution in [0.15, 0.2) is 36.7 Å². The summed E-state index contributed by atoms with van der Waals surface area (Å²) in [6.07, 6.45) is 1.74. The van der Waals surface area contributed by atoms with Crippen LogP contribution in [0.3, 0.4) is 0 Å². The highest BCUT2D eigenvalue weighted by atomic mass is 15.2. The van der Waals surface area contributed by atoms with Gasteiger partial charge in [-0.3, -0.25) is 0 Å². The third-order valence-corrected chi connectivity index (χ3v) is 3.09. The zero-order valence-corrected chi connectivity index (χ0v) is 11.5. The molecule has 0 saturated heterocycles. The van der Waals surface area contributed by atoms with Crippen LogP contribution in [0.4, 0.5) is 11.8 Å². The Morgan fingerprint density at radius 3 is 2.70 bits per heavy atom. The van der Waals surface area contributed by atoms with E-state index in [1.807, 2.05) is 29.8 Å². The van der Waals surface area contributed by atoms with E-state index in [9.17, 15) is 0 Å². The summed E-state index contributed by atoms with van der Waals surface area (Å²) in [4.78, 5) is 13.2. The Balaban J connectivity index is 1.94. The zero-order valence-electron chi connectivity index (χ0n) is 11.5. The first kappa shape index (κ1) is 12.4. The lowest BCUT2D eigenvalue weighted by Crippen LogP contribution is -2.06. The molecule has 0 radical (unpaired) electrons. The normalized spacial score (nSPS) is 10.7. The van der Waals surface area contributed by atoms with Crippen LogP contribution in [0, 0.1) is 0 Å². The number of nitrogens with zero attached hydrogens (tertiary/aromatic N) is 4. The Kier molecular flexibility index (Phi) is 3.20. The number of anilines is 2. The molecule has 0 aliphatic heterocycles. The van der Waals surface area contributed by atoms with Crippen molar-refractivity contribution < 1.29 is 0 Å². The molecule has 0 saturated carbocycles. The number of fused-ring (bicyclic) bond motifs is 1. The maximum atomic E-state index is 4.44. The fraction of sp³-hybridized carbons (Fsp3) is 0.214. The third kappa shape index (κ3) is 2.27. The van der Waals surface area contributed by atoms with E-state index in [2.05, 4.69) is 37.7 Å². The Labute approximate surface area is 116 Å². The quantitative estimate of drug-likeness (QED) is 0.757. The molecule has 6 nitrogen and oxygen atoms in total. The average Bonchev–Trinajstić information content (AvgIpc) is 2.87.